The minimum atomic E-state index is -1.27. The van der Waals surface area contributed by atoms with E-state index in [1.165, 1.54) is 66.5 Å². The SMILES string of the molecule is C/C=C/C[C@@H](C)C[C@@H](C(=O)N[C@@H](CC)C(=O)N(C)CC(=O)N[C@@H](CSCC(=O)N(C)[C@@H](CC(C)C)C(=O)NC(C(=O)N(C)[C@@H](CC(C)C)C(=O)N[C@@H](C)C(=O)N[C@H](C)C(=O)N(C)[C@@H](CC(C)C)C(=O)N(C)[C@H](C=O)C(CC)C(C)C)C(C)C)C(=O)OC)N(C)C(=O)CN(C)C. The highest BCUT2D eigenvalue weighted by molar-refractivity contribution is 8.00. The number of likely N-dealkylation sites (N-methyl/N-ethyl adjacent to an activating group) is 7. The van der Waals surface area contributed by atoms with Gasteiger partial charge in [0.05, 0.1) is 32.0 Å². The van der Waals surface area contributed by atoms with E-state index in [-0.39, 0.29) is 85.1 Å². The van der Waals surface area contributed by atoms with Crippen molar-refractivity contribution in [1.82, 2.24) is 60.9 Å². The van der Waals surface area contributed by atoms with Crippen molar-refractivity contribution >= 4 is 89.0 Å². The largest absolute Gasteiger partial charge is 0.467 e. The third-order valence-electron chi connectivity index (χ3n) is 17.0. The van der Waals surface area contributed by atoms with Gasteiger partial charge in [-0.1, -0.05) is 109 Å². The number of amides is 11. The average Bonchev–Trinajstić information content (AvgIpc) is 0.855. The van der Waals surface area contributed by atoms with Crippen molar-refractivity contribution in [1.29, 1.82) is 0 Å². The summed E-state index contributed by atoms with van der Waals surface area (Å²) >= 11 is 0.984. The second-order valence-electron chi connectivity index (χ2n) is 27.6. The smallest absolute Gasteiger partial charge is 0.329 e. The predicted molar refractivity (Wildman–Crippen MR) is 371 cm³/mol. The normalized spacial score (nSPS) is 15.4. The summed E-state index contributed by atoms with van der Waals surface area (Å²) in [4.78, 5) is 188. The number of carbonyl (C=O) groups is 13. The van der Waals surface area contributed by atoms with Crippen molar-refractivity contribution in [2.45, 2.75) is 216 Å². The number of aldehydes is 1. The third kappa shape index (κ3) is 29.3. The van der Waals surface area contributed by atoms with E-state index in [4.69, 9.17) is 4.74 Å². The Bertz CT molecular complexity index is 2570. The van der Waals surface area contributed by atoms with Crippen LogP contribution in [0.4, 0.5) is 0 Å². The minimum Gasteiger partial charge on any atom is -0.467 e. The highest BCUT2D eigenvalue weighted by atomic mass is 32.2. The first-order valence-corrected chi connectivity index (χ1v) is 34.7. The number of allylic oxidation sites excluding steroid dienone is 2. The molecule has 0 aliphatic carbocycles. The number of esters is 1. The first-order chi connectivity index (χ1) is 44.1. The second kappa shape index (κ2) is 43.5. The highest BCUT2D eigenvalue weighted by Gasteiger charge is 2.41. The molecule has 26 nitrogen and oxygen atoms in total. The summed E-state index contributed by atoms with van der Waals surface area (Å²) in [6, 6.07) is -10.6. The van der Waals surface area contributed by atoms with E-state index >= 15 is 0 Å². The summed E-state index contributed by atoms with van der Waals surface area (Å²) in [5.74, 6) is -8.24. The van der Waals surface area contributed by atoms with Gasteiger partial charge in [0.25, 0.3) is 0 Å². The molecule has 0 aliphatic heterocycles. The molecule has 544 valence electrons. The number of hydrogen-bond donors (Lipinski definition) is 5. The van der Waals surface area contributed by atoms with Gasteiger partial charge in [0.15, 0.2) is 0 Å². The van der Waals surface area contributed by atoms with Crippen LogP contribution in [0.25, 0.3) is 0 Å². The minimum absolute atomic E-state index is 0.0160. The van der Waals surface area contributed by atoms with Crippen molar-refractivity contribution in [3.63, 3.8) is 0 Å². The van der Waals surface area contributed by atoms with Crippen LogP contribution in [0.3, 0.4) is 0 Å². The van der Waals surface area contributed by atoms with Crippen LogP contribution in [0.2, 0.25) is 0 Å². The Kier molecular flexibility index (Phi) is 40.5. The fourth-order valence-electron chi connectivity index (χ4n) is 11.1. The number of methoxy groups -OCH3 is 1. The third-order valence-corrected chi connectivity index (χ3v) is 18.0. The number of ether oxygens (including phenoxy) is 1. The topological polar surface area (TPSA) is 314 Å². The maximum absolute atomic E-state index is 14.6. The number of hydrogen-bond acceptors (Lipinski definition) is 16. The maximum atomic E-state index is 14.6. The van der Waals surface area contributed by atoms with Gasteiger partial charge < -0.3 is 70.4 Å². The zero-order valence-electron chi connectivity index (χ0n) is 62.1. The van der Waals surface area contributed by atoms with E-state index in [9.17, 15) is 62.3 Å². The van der Waals surface area contributed by atoms with Gasteiger partial charge in [0, 0.05) is 48.0 Å². The quantitative estimate of drug-likeness (QED) is 0.0331. The second-order valence-corrected chi connectivity index (χ2v) is 28.7. The van der Waals surface area contributed by atoms with Gasteiger partial charge in [-0.25, -0.2) is 4.79 Å². The van der Waals surface area contributed by atoms with E-state index in [0.29, 0.717) is 19.3 Å². The Balaban J connectivity index is 6.32. The molecule has 0 aromatic carbocycles. The Morgan fingerprint density at radius 3 is 1.44 bits per heavy atom. The Hall–Kier alpha value is -6.64. The van der Waals surface area contributed by atoms with Gasteiger partial charge in [-0.05, 0) is 115 Å². The number of nitrogens with one attached hydrogen (secondary N) is 5. The van der Waals surface area contributed by atoms with Gasteiger partial charge in [-0.3, -0.25) is 52.7 Å². The van der Waals surface area contributed by atoms with Crippen molar-refractivity contribution in [3.8, 4) is 0 Å². The lowest BCUT2D eigenvalue weighted by molar-refractivity contribution is -0.149. The molecule has 5 N–H and O–H groups in total. The number of nitrogens with zero attached hydrogens (tertiary/aromatic N) is 7. The Labute approximate surface area is 572 Å². The lowest BCUT2D eigenvalue weighted by Gasteiger charge is -2.38. The van der Waals surface area contributed by atoms with Crippen LogP contribution in [-0.4, -0.2) is 260 Å². The number of rotatable bonds is 43. The van der Waals surface area contributed by atoms with E-state index in [2.05, 4.69) is 26.6 Å². The molecule has 11 amide bonds. The maximum Gasteiger partial charge on any atom is 0.329 e. The van der Waals surface area contributed by atoms with E-state index in [0.717, 1.165) is 30.1 Å². The first-order valence-electron chi connectivity index (χ1n) is 33.5. The Morgan fingerprint density at radius 1 is 0.484 bits per heavy atom. The summed E-state index contributed by atoms with van der Waals surface area (Å²) in [6.07, 6.45) is 7.12. The number of carbonyl (C=O) groups excluding carboxylic acids is 13. The molecule has 0 saturated carbocycles. The molecule has 0 rings (SSSR count). The lowest BCUT2D eigenvalue weighted by atomic mass is 9.85. The molecule has 0 fully saturated rings. The molecule has 0 aliphatic rings. The van der Waals surface area contributed by atoms with E-state index < -0.39 is 138 Å². The highest BCUT2D eigenvalue weighted by Crippen LogP contribution is 2.25. The molecule has 0 aromatic heterocycles. The summed E-state index contributed by atoms with van der Waals surface area (Å²) in [7, 11) is 13.5. The zero-order chi connectivity index (χ0) is 73.6. The predicted octanol–water partition coefficient (Wildman–Crippen LogP) is 3.59. The fourth-order valence-corrected chi connectivity index (χ4v) is 12.0. The zero-order valence-corrected chi connectivity index (χ0v) is 62.9. The molecule has 27 heteroatoms. The van der Waals surface area contributed by atoms with Crippen LogP contribution in [0.5, 0.6) is 0 Å². The molecule has 0 aromatic rings. The molecule has 0 radical (unpaired) electrons. The van der Waals surface area contributed by atoms with Gasteiger partial charge in [0.1, 0.15) is 60.7 Å². The van der Waals surface area contributed by atoms with Gasteiger partial charge in [-0.15, -0.1) is 11.8 Å². The van der Waals surface area contributed by atoms with Crippen molar-refractivity contribution in [2.24, 2.45) is 41.4 Å². The average molecular weight is 1360 g/mol. The molecular weight excluding hydrogens is 1240 g/mol. The van der Waals surface area contributed by atoms with E-state index in [1.54, 1.807) is 53.9 Å². The summed E-state index contributed by atoms with van der Waals surface area (Å²) in [6.45, 7) is 28.7. The lowest BCUT2D eigenvalue weighted by Crippen LogP contribution is -2.60. The Morgan fingerprint density at radius 2 is 0.968 bits per heavy atom. The standard InChI is InChI=1S/C68H122N12O14S/c1-26-29-30-45(14)34-53(76(20)57(83)36-74(17)18)62(87)72-49(28-3)65(90)75(19)35-56(82)71-50(68(93)94-25)38-95-39-58(84)77(21)51(31-40(4)5)63(88)73-59(44(12)13)67(92)78(22)52(32-41(6)7)61(86)69-46(15)60(85)70-47(16)64(89)79(23)54(33-42(8)9)66(91)80(24)55(37-81)48(27-2)43(10)11/h26,29,37,40-55,59H,27-28,30-36,38-39H2,1-25H3,(H,69,86)(H,70,85)(H,71,82)(H,72,87)(H,73,88)/b29-26+/t45-,46+,47-,48?,49+,50+,51+,52+,53+,54+,55-,59?/m1/s1. The summed E-state index contributed by atoms with van der Waals surface area (Å²) in [5, 5.41) is 13.6. The van der Waals surface area contributed by atoms with Crippen LogP contribution in [-0.2, 0) is 67.1 Å². The van der Waals surface area contributed by atoms with Gasteiger partial charge >= 0.3 is 5.97 Å². The molecule has 0 heterocycles. The van der Waals surface area contributed by atoms with Gasteiger partial charge in [0.2, 0.25) is 65.0 Å². The summed E-state index contributed by atoms with van der Waals surface area (Å²) in [5.41, 5.74) is 0. The fraction of sp³-hybridized carbons (Fsp3) is 0.779. The molecule has 0 spiro atoms. The van der Waals surface area contributed by atoms with Crippen molar-refractivity contribution < 1.29 is 67.1 Å². The monoisotopic (exact) mass is 1360 g/mol. The molecule has 95 heavy (non-hydrogen) atoms. The first kappa shape index (κ1) is 88.4. The van der Waals surface area contributed by atoms with Crippen LogP contribution in [0.15, 0.2) is 12.2 Å². The van der Waals surface area contributed by atoms with Gasteiger partial charge in [-0.2, -0.15) is 0 Å². The van der Waals surface area contributed by atoms with Crippen LogP contribution in [0.1, 0.15) is 156 Å². The summed E-state index contributed by atoms with van der Waals surface area (Å²) < 4.78 is 4.97. The molecule has 0 bridgehead atoms. The number of thioether (sulfide) groups is 1. The molecule has 0 saturated heterocycles. The van der Waals surface area contributed by atoms with Crippen molar-refractivity contribution in [3.05, 3.63) is 12.2 Å². The van der Waals surface area contributed by atoms with E-state index in [1.807, 2.05) is 88.3 Å². The van der Waals surface area contributed by atoms with Crippen molar-refractivity contribution in [2.75, 3.05) is 88.1 Å². The van der Waals surface area contributed by atoms with Crippen LogP contribution >= 0.6 is 11.8 Å². The molecular formula is C68H122N12O14S. The molecule has 2 unspecified atom stereocenters. The molecule has 12 atom stereocenters. The van der Waals surface area contributed by atoms with Crippen LogP contribution < -0.4 is 26.6 Å². The van der Waals surface area contributed by atoms with Crippen LogP contribution in [0, 0.1) is 41.4 Å².